The van der Waals surface area contributed by atoms with E-state index >= 15 is 0 Å². The molecule has 23 heavy (non-hydrogen) atoms. The molecular formula is C14H20N6O3. The lowest BCUT2D eigenvalue weighted by Crippen LogP contribution is -2.43. The molecule has 1 saturated heterocycles. The second-order valence-corrected chi connectivity index (χ2v) is 5.23. The van der Waals surface area contributed by atoms with Crippen molar-refractivity contribution in [3.8, 4) is 0 Å². The number of likely N-dealkylation sites (tertiary alicyclic amines) is 1. The van der Waals surface area contributed by atoms with Crippen molar-refractivity contribution < 1.29 is 14.7 Å². The van der Waals surface area contributed by atoms with E-state index in [0.717, 1.165) is 42.8 Å². The Labute approximate surface area is 132 Å². The SMILES string of the molecule is NC(=O)CN1CCC(Nc2ncnc3[nH]ccc23)CC1.O=CO. The number of aromatic nitrogens is 3. The number of piperidine rings is 1. The van der Waals surface area contributed by atoms with Gasteiger partial charge in [-0.3, -0.25) is 14.5 Å². The summed E-state index contributed by atoms with van der Waals surface area (Å²) in [6.45, 7) is 1.85. The zero-order valence-corrected chi connectivity index (χ0v) is 12.6. The molecule has 0 spiro atoms. The molecule has 5 N–H and O–H groups in total. The van der Waals surface area contributed by atoms with Crippen molar-refractivity contribution in [3.63, 3.8) is 0 Å². The fourth-order valence-corrected chi connectivity index (χ4v) is 2.64. The van der Waals surface area contributed by atoms with Crippen molar-refractivity contribution in [2.75, 3.05) is 25.0 Å². The van der Waals surface area contributed by atoms with Crippen LogP contribution in [0.3, 0.4) is 0 Å². The smallest absolute Gasteiger partial charge is 0.290 e. The van der Waals surface area contributed by atoms with E-state index < -0.39 is 0 Å². The molecule has 124 valence electrons. The van der Waals surface area contributed by atoms with Crippen LogP contribution in [0.5, 0.6) is 0 Å². The summed E-state index contributed by atoms with van der Waals surface area (Å²) in [5.74, 6) is 0.603. The van der Waals surface area contributed by atoms with E-state index in [1.807, 2.05) is 12.3 Å². The average Bonchev–Trinajstić information content (AvgIpc) is 2.99. The predicted molar refractivity (Wildman–Crippen MR) is 84.9 cm³/mol. The van der Waals surface area contributed by atoms with Crippen molar-refractivity contribution in [3.05, 3.63) is 18.6 Å². The van der Waals surface area contributed by atoms with Crippen LogP contribution in [0.25, 0.3) is 11.0 Å². The number of rotatable bonds is 4. The quantitative estimate of drug-likeness (QED) is 0.583. The standard InChI is InChI=1S/C13H18N6O.CH2O2/c14-11(20)7-19-5-2-9(3-6-19)18-13-10-1-4-15-12(10)16-8-17-13;2-1-3/h1,4,8-9H,2-3,5-7H2,(H2,14,20)(H2,15,16,17,18);1H,(H,2,3). The van der Waals surface area contributed by atoms with Crippen LogP contribution in [-0.2, 0) is 9.59 Å². The van der Waals surface area contributed by atoms with E-state index in [2.05, 4.69) is 25.2 Å². The highest BCUT2D eigenvalue weighted by Crippen LogP contribution is 2.21. The number of aromatic amines is 1. The van der Waals surface area contributed by atoms with Gasteiger partial charge in [0.05, 0.1) is 11.9 Å². The molecule has 0 bridgehead atoms. The lowest BCUT2D eigenvalue weighted by Gasteiger charge is -2.31. The second kappa shape index (κ2) is 8.08. The number of amides is 1. The molecule has 0 atom stereocenters. The molecule has 1 aliphatic rings. The molecule has 9 nitrogen and oxygen atoms in total. The van der Waals surface area contributed by atoms with Crippen LogP contribution in [-0.4, -0.2) is 63.0 Å². The summed E-state index contributed by atoms with van der Waals surface area (Å²) >= 11 is 0. The minimum absolute atomic E-state index is 0.250. The Balaban J connectivity index is 0.000000595. The fraction of sp³-hybridized carbons (Fsp3) is 0.429. The summed E-state index contributed by atoms with van der Waals surface area (Å²) in [4.78, 5) is 32.9. The molecule has 0 radical (unpaired) electrons. The van der Waals surface area contributed by atoms with Gasteiger partial charge in [-0.25, -0.2) is 9.97 Å². The maximum Gasteiger partial charge on any atom is 0.290 e. The van der Waals surface area contributed by atoms with Crippen molar-refractivity contribution >= 4 is 29.2 Å². The fourth-order valence-electron chi connectivity index (χ4n) is 2.64. The number of carboxylic acid groups (broad SMARTS) is 1. The lowest BCUT2D eigenvalue weighted by atomic mass is 10.0. The molecule has 0 aromatic carbocycles. The molecule has 1 amide bonds. The first-order chi connectivity index (χ1) is 11.1. The van der Waals surface area contributed by atoms with Crippen LogP contribution < -0.4 is 11.1 Å². The largest absolute Gasteiger partial charge is 0.483 e. The molecule has 3 heterocycles. The monoisotopic (exact) mass is 320 g/mol. The molecule has 9 heteroatoms. The van der Waals surface area contributed by atoms with Crippen molar-refractivity contribution in [1.29, 1.82) is 0 Å². The number of fused-ring (bicyclic) bond motifs is 1. The normalized spacial score (nSPS) is 15.7. The number of hydrogen-bond donors (Lipinski definition) is 4. The summed E-state index contributed by atoms with van der Waals surface area (Å²) < 4.78 is 0. The van der Waals surface area contributed by atoms with E-state index in [-0.39, 0.29) is 12.4 Å². The van der Waals surface area contributed by atoms with Gasteiger partial charge >= 0.3 is 0 Å². The van der Waals surface area contributed by atoms with Gasteiger partial charge in [-0.2, -0.15) is 0 Å². The summed E-state index contributed by atoms with van der Waals surface area (Å²) in [7, 11) is 0. The highest BCUT2D eigenvalue weighted by Gasteiger charge is 2.20. The van der Waals surface area contributed by atoms with Crippen LogP contribution in [0.4, 0.5) is 5.82 Å². The maximum absolute atomic E-state index is 10.9. The van der Waals surface area contributed by atoms with Crippen molar-refractivity contribution in [2.24, 2.45) is 5.73 Å². The Kier molecular flexibility index (Phi) is 5.87. The molecule has 0 unspecified atom stereocenters. The van der Waals surface area contributed by atoms with Gasteiger partial charge in [0.15, 0.2) is 0 Å². The summed E-state index contributed by atoms with van der Waals surface area (Å²) in [6.07, 6.45) is 5.37. The number of carbonyl (C=O) groups excluding carboxylic acids is 1. The van der Waals surface area contributed by atoms with Crippen LogP contribution in [0.1, 0.15) is 12.8 Å². The highest BCUT2D eigenvalue weighted by molar-refractivity contribution is 5.86. The molecular weight excluding hydrogens is 300 g/mol. The van der Waals surface area contributed by atoms with Crippen molar-refractivity contribution in [2.45, 2.75) is 18.9 Å². The molecule has 1 aliphatic heterocycles. The van der Waals surface area contributed by atoms with Gasteiger partial charge in [-0.1, -0.05) is 0 Å². The Morgan fingerprint density at radius 2 is 2.17 bits per heavy atom. The number of nitrogens with zero attached hydrogens (tertiary/aromatic N) is 3. The third-order valence-electron chi connectivity index (χ3n) is 3.66. The average molecular weight is 320 g/mol. The van der Waals surface area contributed by atoms with E-state index in [4.69, 9.17) is 15.6 Å². The van der Waals surface area contributed by atoms with Gasteiger partial charge in [0, 0.05) is 25.3 Å². The van der Waals surface area contributed by atoms with Gasteiger partial charge in [-0.05, 0) is 18.9 Å². The molecule has 1 fully saturated rings. The number of primary amides is 1. The Morgan fingerprint density at radius 1 is 1.48 bits per heavy atom. The minimum atomic E-state index is -0.263. The third kappa shape index (κ3) is 4.65. The van der Waals surface area contributed by atoms with Gasteiger partial charge in [0.25, 0.3) is 6.47 Å². The molecule has 3 rings (SSSR count). The zero-order chi connectivity index (χ0) is 16.7. The number of nitrogens with two attached hydrogens (primary N) is 1. The molecule has 0 saturated carbocycles. The first-order valence-corrected chi connectivity index (χ1v) is 7.27. The van der Waals surface area contributed by atoms with E-state index in [9.17, 15) is 4.79 Å². The summed E-state index contributed by atoms with van der Waals surface area (Å²) in [5, 5.41) is 11.4. The van der Waals surface area contributed by atoms with E-state index in [1.165, 1.54) is 0 Å². The first-order valence-electron chi connectivity index (χ1n) is 7.27. The second-order valence-electron chi connectivity index (χ2n) is 5.23. The number of nitrogens with one attached hydrogen (secondary N) is 2. The van der Waals surface area contributed by atoms with E-state index in [0.29, 0.717) is 12.6 Å². The predicted octanol–water partition coefficient (Wildman–Crippen LogP) is 0.0203. The number of H-pyrrole nitrogens is 1. The first kappa shape index (κ1) is 16.7. The zero-order valence-electron chi connectivity index (χ0n) is 12.6. The minimum Gasteiger partial charge on any atom is -0.483 e. The van der Waals surface area contributed by atoms with Crippen LogP contribution in [0, 0.1) is 0 Å². The maximum atomic E-state index is 10.9. The van der Waals surface area contributed by atoms with Gasteiger partial charge < -0.3 is 21.1 Å². The van der Waals surface area contributed by atoms with Gasteiger partial charge in [0.2, 0.25) is 5.91 Å². The topological polar surface area (TPSA) is 137 Å². The summed E-state index contributed by atoms with van der Waals surface area (Å²) in [5.41, 5.74) is 6.06. The van der Waals surface area contributed by atoms with Crippen LogP contribution in [0.2, 0.25) is 0 Å². The Bertz CT molecular complexity index is 651. The molecule has 0 aliphatic carbocycles. The third-order valence-corrected chi connectivity index (χ3v) is 3.66. The van der Waals surface area contributed by atoms with Gasteiger partial charge in [0.1, 0.15) is 17.8 Å². The van der Waals surface area contributed by atoms with Crippen LogP contribution >= 0.6 is 0 Å². The molecule has 2 aromatic heterocycles. The number of carbonyl (C=O) groups is 2. The number of hydrogen-bond acceptors (Lipinski definition) is 6. The highest BCUT2D eigenvalue weighted by atomic mass is 16.3. The van der Waals surface area contributed by atoms with Gasteiger partial charge in [-0.15, -0.1) is 0 Å². The summed E-state index contributed by atoms with van der Waals surface area (Å²) in [6, 6.07) is 2.34. The van der Waals surface area contributed by atoms with E-state index in [1.54, 1.807) is 6.33 Å². The number of anilines is 1. The Morgan fingerprint density at radius 3 is 2.83 bits per heavy atom. The van der Waals surface area contributed by atoms with Crippen molar-refractivity contribution in [1.82, 2.24) is 19.9 Å². The lowest BCUT2D eigenvalue weighted by molar-refractivity contribution is -0.123. The van der Waals surface area contributed by atoms with Crippen LogP contribution in [0.15, 0.2) is 18.6 Å². The molecule has 2 aromatic rings. The Hall–Kier alpha value is -2.68.